The third-order valence-electron chi connectivity index (χ3n) is 10.1. The van der Waals surface area contributed by atoms with Crippen LogP contribution >= 0.6 is 11.3 Å². The molecule has 3 heterocycles. The van der Waals surface area contributed by atoms with Crippen LogP contribution in [0, 0.1) is 28.6 Å². The molecule has 6 rings (SSSR count). The molecule has 3 fully saturated rings. The first-order valence-electron chi connectivity index (χ1n) is 12.7. The molecule has 1 aromatic heterocycles. The molecule has 2 aliphatic heterocycles. The fourth-order valence-electron chi connectivity index (χ4n) is 8.38. The minimum absolute atomic E-state index is 0.0849. The van der Waals surface area contributed by atoms with E-state index in [1.165, 1.54) is 48.4 Å². The Morgan fingerprint density at radius 1 is 1.21 bits per heavy atom. The van der Waals surface area contributed by atoms with E-state index < -0.39 is 0 Å². The quantitative estimate of drug-likeness (QED) is 0.640. The van der Waals surface area contributed by atoms with E-state index in [1.54, 1.807) is 6.20 Å². The van der Waals surface area contributed by atoms with E-state index in [-0.39, 0.29) is 22.8 Å². The van der Waals surface area contributed by atoms with Crippen LogP contribution in [-0.4, -0.2) is 46.5 Å². The van der Waals surface area contributed by atoms with Gasteiger partial charge in [-0.1, -0.05) is 19.9 Å². The third kappa shape index (κ3) is 3.17. The number of carbonyl (C=O) groups is 2. The lowest BCUT2D eigenvalue weighted by Crippen LogP contribution is -2.59. The van der Waals surface area contributed by atoms with Crippen molar-refractivity contribution in [1.29, 1.82) is 0 Å². The van der Waals surface area contributed by atoms with Gasteiger partial charge in [0.05, 0.1) is 12.2 Å². The smallest absolute Gasteiger partial charge is 0.338 e. The third-order valence-corrected chi connectivity index (χ3v) is 10.9. The van der Waals surface area contributed by atoms with Crippen molar-refractivity contribution in [2.45, 2.75) is 64.3 Å². The van der Waals surface area contributed by atoms with Crippen molar-refractivity contribution in [2.75, 3.05) is 18.9 Å². The minimum atomic E-state index is -0.170. The SMILES string of the molecule is CN1C(=O)C=C[C@]2(C)[C@H]3CC[C@]4(C)[C@@H](c5csc(NC(=O)N6CC=CN6)n5)CC[C@H]4[C@@H]3CC[C@@H]12. The number of nitrogens with one attached hydrogen (secondary N) is 2. The van der Waals surface area contributed by atoms with Crippen LogP contribution in [0.15, 0.2) is 29.8 Å². The molecule has 7 atom stereocenters. The van der Waals surface area contributed by atoms with Crippen LogP contribution < -0.4 is 10.7 Å². The van der Waals surface area contributed by atoms with E-state index in [2.05, 4.69) is 36.0 Å². The highest BCUT2D eigenvalue weighted by Crippen LogP contribution is 2.67. The normalized spacial score (nSPS) is 40.6. The average Bonchev–Trinajstić information content (AvgIpc) is 3.56. The zero-order chi connectivity index (χ0) is 23.7. The molecule has 0 radical (unpaired) electrons. The average molecular weight is 482 g/mol. The van der Waals surface area contributed by atoms with Gasteiger partial charge >= 0.3 is 6.03 Å². The van der Waals surface area contributed by atoms with Crippen molar-refractivity contribution in [3.63, 3.8) is 0 Å². The molecular formula is C26H35N5O2S. The Labute approximate surface area is 205 Å². The van der Waals surface area contributed by atoms with Crippen LogP contribution in [0.2, 0.25) is 0 Å². The molecule has 182 valence electrons. The molecule has 0 aromatic carbocycles. The second kappa shape index (κ2) is 7.83. The highest BCUT2D eigenvalue weighted by Gasteiger charge is 2.60. The summed E-state index contributed by atoms with van der Waals surface area (Å²) >= 11 is 1.53. The predicted molar refractivity (Wildman–Crippen MR) is 133 cm³/mol. The summed E-state index contributed by atoms with van der Waals surface area (Å²) in [5.74, 6) is 2.66. The van der Waals surface area contributed by atoms with Gasteiger partial charge in [-0.05, 0) is 73.8 Å². The number of likely N-dealkylation sites (N-methyl/N-ethyl adjacent to an activating group) is 1. The number of hydrogen-bond donors (Lipinski definition) is 2. The van der Waals surface area contributed by atoms with Crippen LogP contribution in [0.3, 0.4) is 0 Å². The summed E-state index contributed by atoms with van der Waals surface area (Å²) in [6, 6.07) is 0.161. The van der Waals surface area contributed by atoms with E-state index >= 15 is 0 Å². The molecule has 0 spiro atoms. The van der Waals surface area contributed by atoms with Crippen molar-refractivity contribution in [1.82, 2.24) is 20.3 Å². The largest absolute Gasteiger partial charge is 0.342 e. The molecule has 1 aromatic rings. The number of hydrogen-bond acceptors (Lipinski definition) is 5. The van der Waals surface area contributed by atoms with E-state index in [0.29, 0.717) is 41.4 Å². The number of rotatable bonds is 2. The van der Waals surface area contributed by atoms with Crippen LogP contribution in [0.4, 0.5) is 9.93 Å². The zero-order valence-electron chi connectivity index (χ0n) is 20.3. The number of amides is 3. The Bertz CT molecular complexity index is 1060. The van der Waals surface area contributed by atoms with Gasteiger partial charge in [-0.25, -0.2) is 14.8 Å². The summed E-state index contributed by atoms with van der Waals surface area (Å²) < 4.78 is 0. The highest BCUT2D eigenvalue weighted by atomic mass is 32.1. The van der Waals surface area contributed by atoms with Crippen molar-refractivity contribution in [3.8, 4) is 0 Å². The Morgan fingerprint density at radius 2 is 2.06 bits per heavy atom. The monoisotopic (exact) mass is 481 g/mol. The zero-order valence-corrected chi connectivity index (χ0v) is 21.1. The topological polar surface area (TPSA) is 77.6 Å². The van der Waals surface area contributed by atoms with E-state index in [9.17, 15) is 9.59 Å². The maximum Gasteiger partial charge on any atom is 0.342 e. The number of hydrazine groups is 1. The summed E-state index contributed by atoms with van der Waals surface area (Å²) in [6.07, 6.45) is 14.9. The second-order valence-corrected chi connectivity index (χ2v) is 12.3. The minimum Gasteiger partial charge on any atom is -0.338 e. The molecule has 2 N–H and O–H groups in total. The standard InChI is InChI=1S/C26H35N5O2S/c1-25-11-9-18-16(5-8-21-26(18,2)12-10-22(32)30(21)3)17(25)6-7-19(25)20-15-34-23(28-20)29-24(33)31-14-4-13-27-31/h4,10,12-13,15-19,21,27H,5-9,11,14H2,1-3H3,(H,28,29,33)/t16-,17-,18-,19+,21+,25-,26+/m0/s1. The lowest BCUT2D eigenvalue weighted by atomic mass is 9.47. The Balaban J connectivity index is 1.20. The lowest BCUT2D eigenvalue weighted by molar-refractivity contribution is -0.138. The van der Waals surface area contributed by atoms with Crippen LogP contribution in [-0.2, 0) is 4.79 Å². The maximum absolute atomic E-state index is 12.4. The molecule has 8 heteroatoms. The van der Waals surface area contributed by atoms with Gasteiger partial charge in [0.15, 0.2) is 5.13 Å². The first kappa shape index (κ1) is 22.1. The van der Waals surface area contributed by atoms with Gasteiger partial charge in [-0.3, -0.25) is 10.1 Å². The first-order chi connectivity index (χ1) is 16.3. The number of nitrogens with zero attached hydrogens (tertiary/aromatic N) is 3. The van der Waals surface area contributed by atoms with E-state index in [1.807, 2.05) is 24.1 Å². The Hall–Kier alpha value is -2.35. The Morgan fingerprint density at radius 3 is 2.85 bits per heavy atom. The number of thiazole rings is 1. The van der Waals surface area contributed by atoms with Gasteiger partial charge in [-0.2, -0.15) is 0 Å². The second-order valence-electron chi connectivity index (χ2n) is 11.4. The van der Waals surface area contributed by atoms with Crippen molar-refractivity contribution >= 4 is 28.4 Å². The van der Waals surface area contributed by atoms with Gasteiger partial charge in [0.25, 0.3) is 0 Å². The van der Waals surface area contributed by atoms with Gasteiger partial charge in [-0.15, -0.1) is 11.3 Å². The lowest BCUT2D eigenvalue weighted by Gasteiger charge is -2.60. The van der Waals surface area contributed by atoms with Gasteiger partial charge in [0.1, 0.15) is 0 Å². The molecule has 5 aliphatic rings. The van der Waals surface area contributed by atoms with Gasteiger partial charge < -0.3 is 10.3 Å². The van der Waals surface area contributed by atoms with E-state index in [0.717, 1.165) is 12.1 Å². The Kier molecular flexibility index (Phi) is 5.10. The fraction of sp³-hybridized carbons (Fsp3) is 0.654. The molecule has 3 amide bonds. The number of urea groups is 1. The predicted octanol–water partition coefficient (Wildman–Crippen LogP) is 4.73. The van der Waals surface area contributed by atoms with Crippen LogP contribution in [0.5, 0.6) is 0 Å². The number of carbonyl (C=O) groups excluding carboxylic acids is 2. The summed E-state index contributed by atoms with van der Waals surface area (Å²) in [5, 5.41) is 7.34. The number of fused-ring (bicyclic) bond motifs is 5. The number of anilines is 1. The summed E-state index contributed by atoms with van der Waals surface area (Å²) in [4.78, 5) is 31.7. The molecule has 0 bridgehead atoms. The summed E-state index contributed by atoms with van der Waals surface area (Å²) in [5.41, 5.74) is 4.41. The number of aromatic nitrogens is 1. The van der Waals surface area contributed by atoms with Gasteiger partial charge in [0.2, 0.25) is 5.91 Å². The van der Waals surface area contributed by atoms with Crippen LogP contribution in [0.1, 0.15) is 64.0 Å². The summed E-state index contributed by atoms with van der Waals surface area (Å²) in [7, 11) is 1.99. The van der Waals surface area contributed by atoms with E-state index in [4.69, 9.17) is 4.98 Å². The molecule has 3 aliphatic carbocycles. The molecular weight excluding hydrogens is 446 g/mol. The van der Waals surface area contributed by atoms with Crippen molar-refractivity contribution < 1.29 is 9.59 Å². The van der Waals surface area contributed by atoms with Gasteiger partial charge in [0, 0.05) is 36.0 Å². The fourth-order valence-corrected chi connectivity index (χ4v) is 9.14. The summed E-state index contributed by atoms with van der Waals surface area (Å²) in [6.45, 7) is 5.47. The first-order valence-corrected chi connectivity index (χ1v) is 13.6. The molecule has 0 unspecified atom stereocenters. The molecule has 7 nitrogen and oxygen atoms in total. The molecule has 3 saturated carbocycles. The molecule has 0 saturated heterocycles. The van der Waals surface area contributed by atoms with Crippen LogP contribution in [0.25, 0.3) is 0 Å². The molecule has 34 heavy (non-hydrogen) atoms. The highest BCUT2D eigenvalue weighted by molar-refractivity contribution is 7.13. The van der Waals surface area contributed by atoms with Crippen molar-refractivity contribution in [3.05, 3.63) is 35.5 Å². The van der Waals surface area contributed by atoms with Crippen molar-refractivity contribution in [2.24, 2.45) is 28.6 Å². The maximum atomic E-state index is 12.4.